The number of aryl methyl sites for hydroxylation is 1. The van der Waals surface area contributed by atoms with E-state index in [9.17, 15) is 9.59 Å². The number of nitriles is 1. The lowest BCUT2D eigenvalue weighted by molar-refractivity contribution is -0.121. The number of amides is 2. The summed E-state index contributed by atoms with van der Waals surface area (Å²) in [5.74, 6) is -0.688. The number of hydrogen-bond donors (Lipinski definition) is 0. The van der Waals surface area contributed by atoms with Gasteiger partial charge in [-0.3, -0.25) is 9.59 Å². The van der Waals surface area contributed by atoms with E-state index in [1.54, 1.807) is 24.3 Å². The van der Waals surface area contributed by atoms with Crippen LogP contribution in [0.2, 0.25) is 0 Å². The highest BCUT2D eigenvalue weighted by atomic mass is 16.5. The first kappa shape index (κ1) is 18.0. The monoisotopic (exact) mass is 373 g/mol. The second-order valence-corrected chi connectivity index (χ2v) is 6.79. The topological polar surface area (TPSA) is 73.6 Å². The number of hydrogen-bond acceptors (Lipinski definition) is 5. The number of carbonyl (C=O) groups is 2. The van der Waals surface area contributed by atoms with E-state index in [0.29, 0.717) is 48.8 Å². The molecule has 4 rings (SSSR count). The molecule has 0 bridgehead atoms. The normalized spacial score (nSPS) is 17.3. The van der Waals surface area contributed by atoms with Crippen molar-refractivity contribution in [1.82, 2.24) is 4.90 Å². The SMILES string of the molecule is Cc1ccc(C2=C(N3CCOCC3)C(=O)N(c3ccc(C#N)cc3)C2=O)cc1. The van der Waals surface area contributed by atoms with Crippen molar-refractivity contribution in [2.45, 2.75) is 6.92 Å². The number of benzene rings is 2. The predicted molar refractivity (Wildman–Crippen MR) is 104 cm³/mol. The zero-order valence-corrected chi connectivity index (χ0v) is 15.5. The summed E-state index contributed by atoms with van der Waals surface area (Å²) in [7, 11) is 0. The molecule has 2 aromatic rings. The Labute approximate surface area is 163 Å². The van der Waals surface area contributed by atoms with Gasteiger partial charge >= 0.3 is 0 Å². The number of morpholine rings is 1. The molecule has 6 nitrogen and oxygen atoms in total. The fourth-order valence-electron chi connectivity index (χ4n) is 3.50. The summed E-state index contributed by atoms with van der Waals surface area (Å²) in [5, 5.41) is 9.00. The molecule has 0 aromatic heterocycles. The number of nitrogens with zero attached hydrogens (tertiary/aromatic N) is 3. The van der Waals surface area contributed by atoms with E-state index in [2.05, 4.69) is 0 Å². The molecule has 140 valence electrons. The van der Waals surface area contributed by atoms with Crippen LogP contribution < -0.4 is 4.90 Å². The second-order valence-electron chi connectivity index (χ2n) is 6.79. The number of carbonyl (C=O) groups excluding carboxylic acids is 2. The Kier molecular flexibility index (Phi) is 4.68. The molecule has 0 atom stereocenters. The Morgan fingerprint density at radius 3 is 2.18 bits per heavy atom. The van der Waals surface area contributed by atoms with Crippen LogP contribution >= 0.6 is 0 Å². The maximum Gasteiger partial charge on any atom is 0.282 e. The highest BCUT2D eigenvalue weighted by Crippen LogP contribution is 2.35. The van der Waals surface area contributed by atoms with Gasteiger partial charge in [-0.2, -0.15) is 5.26 Å². The van der Waals surface area contributed by atoms with Gasteiger partial charge in [-0.25, -0.2) is 4.90 Å². The largest absolute Gasteiger partial charge is 0.378 e. The molecule has 6 heteroatoms. The van der Waals surface area contributed by atoms with Crippen molar-refractivity contribution < 1.29 is 14.3 Å². The number of imide groups is 1. The summed E-state index contributed by atoms with van der Waals surface area (Å²) in [5.41, 5.74) is 3.57. The molecule has 0 unspecified atom stereocenters. The molecule has 2 aliphatic rings. The van der Waals surface area contributed by atoms with Gasteiger partial charge in [-0.05, 0) is 36.8 Å². The summed E-state index contributed by atoms with van der Waals surface area (Å²) in [4.78, 5) is 29.8. The van der Waals surface area contributed by atoms with Gasteiger partial charge in [-0.1, -0.05) is 29.8 Å². The van der Waals surface area contributed by atoms with E-state index < -0.39 is 0 Å². The molecule has 2 amide bonds. The van der Waals surface area contributed by atoms with Gasteiger partial charge in [0.1, 0.15) is 5.70 Å². The molecule has 0 radical (unpaired) electrons. The van der Waals surface area contributed by atoms with Crippen molar-refractivity contribution in [3.8, 4) is 6.07 Å². The minimum Gasteiger partial charge on any atom is -0.378 e. The van der Waals surface area contributed by atoms with Crippen LogP contribution in [0.1, 0.15) is 16.7 Å². The zero-order valence-electron chi connectivity index (χ0n) is 15.5. The fourth-order valence-corrected chi connectivity index (χ4v) is 3.50. The lowest BCUT2D eigenvalue weighted by Gasteiger charge is -2.29. The minimum atomic E-state index is -0.347. The first-order chi connectivity index (χ1) is 13.6. The summed E-state index contributed by atoms with van der Waals surface area (Å²) in [6.07, 6.45) is 0. The van der Waals surface area contributed by atoms with Crippen molar-refractivity contribution in [3.63, 3.8) is 0 Å². The van der Waals surface area contributed by atoms with E-state index in [-0.39, 0.29) is 11.8 Å². The highest BCUT2D eigenvalue weighted by Gasteiger charge is 2.42. The standard InChI is InChI=1S/C22H19N3O3/c1-15-2-6-17(7-3-15)19-20(24-10-12-28-13-11-24)22(27)25(21(19)26)18-8-4-16(14-23)5-9-18/h2-9H,10-13H2,1H3. The van der Waals surface area contributed by atoms with Crippen LogP contribution in [-0.2, 0) is 14.3 Å². The lowest BCUT2D eigenvalue weighted by Crippen LogP contribution is -2.40. The molecule has 2 aromatic carbocycles. The molecule has 0 aliphatic carbocycles. The molecular weight excluding hydrogens is 354 g/mol. The molecule has 2 aliphatic heterocycles. The third kappa shape index (κ3) is 3.06. The van der Waals surface area contributed by atoms with Crippen molar-refractivity contribution >= 4 is 23.1 Å². The molecule has 1 fully saturated rings. The Bertz CT molecular complexity index is 995. The van der Waals surface area contributed by atoms with Crippen LogP contribution in [-0.4, -0.2) is 43.0 Å². The van der Waals surface area contributed by atoms with E-state index in [1.807, 2.05) is 42.2 Å². The lowest BCUT2D eigenvalue weighted by atomic mass is 10.0. The van der Waals surface area contributed by atoms with Crippen molar-refractivity contribution in [2.24, 2.45) is 0 Å². The van der Waals surface area contributed by atoms with E-state index in [1.165, 1.54) is 4.90 Å². The third-order valence-corrected chi connectivity index (χ3v) is 4.98. The molecule has 0 saturated carbocycles. The maximum absolute atomic E-state index is 13.3. The Balaban J connectivity index is 1.80. The predicted octanol–water partition coefficient (Wildman–Crippen LogP) is 2.48. The quantitative estimate of drug-likeness (QED) is 0.773. The van der Waals surface area contributed by atoms with Crippen LogP contribution in [0, 0.1) is 18.3 Å². The summed E-state index contributed by atoms with van der Waals surface area (Å²) in [6, 6.07) is 16.1. The number of rotatable bonds is 3. The third-order valence-electron chi connectivity index (χ3n) is 4.98. The Morgan fingerprint density at radius 1 is 0.929 bits per heavy atom. The van der Waals surface area contributed by atoms with Gasteiger partial charge in [0.25, 0.3) is 11.8 Å². The van der Waals surface area contributed by atoms with Gasteiger partial charge < -0.3 is 9.64 Å². The summed E-state index contributed by atoms with van der Waals surface area (Å²) >= 11 is 0. The van der Waals surface area contributed by atoms with Crippen LogP contribution in [0.25, 0.3) is 5.57 Å². The smallest absolute Gasteiger partial charge is 0.282 e. The average molecular weight is 373 g/mol. The van der Waals surface area contributed by atoms with Crippen molar-refractivity contribution in [1.29, 1.82) is 5.26 Å². The van der Waals surface area contributed by atoms with Crippen molar-refractivity contribution in [2.75, 3.05) is 31.2 Å². The number of anilines is 1. The van der Waals surface area contributed by atoms with Gasteiger partial charge in [0.05, 0.1) is 36.1 Å². The van der Waals surface area contributed by atoms with Gasteiger partial charge in [0.15, 0.2) is 0 Å². The highest BCUT2D eigenvalue weighted by molar-refractivity contribution is 6.45. The van der Waals surface area contributed by atoms with Crippen LogP contribution in [0.5, 0.6) is 0 Å². The molecule has 0 N–H and O–H groups in total. The van der Waals surface area contributed by atoms with Crippen LogP contribution in [0.4, 0.5) is 5.69 Å². The molecule has 2 heterocycles. The fraction of sp³-hybridized carbons (Fsp3) is 0.227. The average Bonchev–Trinajstić information content (AvgIpc) is 2.99. The number of ether oxygens (including phenoxy) is 1. The van der Waals surface area contributed by atoms with Crippen LogP contribution in [0.3, 0.4) is 0 Å². The Morgan fingerprint density at radius 2 is 1.57 bits per heavy atom. The molecule has 1 saturated heterocycles. The maximum atomic E-state index is 13.3. The van der Waals surface area contributed by atoms with Gasteiger partial charge in [-0.15, -0.1) is 0 Å². The van der Waals surface area contributed by atoms with Gasteiger partial charge in [0.2, 0.25) is 0 Å². The van der Waals surface area contributed by atoms with Crippen molar-refractivity contribution in [3.05, 3.63) is 70.9 Å². The zero-order chi connectivity index (χ0) is 19.7. The first-order valence-electron chi connectivity index (χ1n) is 9.13. The van der Waals surface area contributed by atoms with Crippen LogP contribution in [0.15, 0.2) is 54.2 Å². The van der Waals surface area contributed by atoms with E-state index in [0.717, 1.165) is 11.1 Å². The van der Waals surface area contributed by atoms with E-state index >= 15 is 0 Å². The molecule has 28 heavy (non-hydrogen) atoms. The summed E-state index contributed by atoms with van der Waals surface area (Å²) < 4.78 is 5.41. The van der Waals surface area contributed by atoms with Gasteiger partial charge in [0, 0.05) is 13.1 Å². The molecular formula is C22H19N3O3. The molecule has 0 spiro atoms. The second kappa shape index (κ2) is 7.29. The Hall–Kier alpha value is -3.43. The first-order valence-corrected chi connectivity index (χ1v) is 9.13. The summed E-state index contributed by atoms with van der Waals surface area (Å²) in [6.45, 7) is 4.13. The van der Waals surface area contributed by atoms with E-state index in [4.69, 9.17) is 10.00 Å². The minimum absolute atomic E-state index is 0.341.